The molecular weight excluding hydrogens is 326 g/mol. The van der Waals surface area contributed by atoms with Crippen molar-refractivity contribution in [1.82, 2.24) is 4.90 Å². The number of carboxylic acids is 1. The van der Waals surface area contributed by atoms with E-state index in [-0.39, 0.29) is 11.0 Å². The minimum absolute atomic E-state index is 0.00365. The number of nitrogens with zero attached hydrogens (tertiary/aromatic N) is 1. The number of hydrogen-bond acceptors (Lipinski definition) is 2. The molecular formula is C22H31NO3. The van der Waals surface area contributed by atoms with E-state index in [1.807, 2.05) is 6.08 Å². The van der Waals surface area contributed by atoms with E-state index in [1.54, 1.807) is 0 Å². The van der Waals surface area contributed by atoms with Crippen molar-refractivity contribution < 1.29 is 14.7 Å². The van der Waals surface area contributed by atoms with Crippen LogP contribution in [-0.2, 0) is 9.59 Å². The van der Waals surface area contributed by atoms with Gasteiger partial charge in [-0.25, -0.2) is 4.79 Å². The summed E-state index contributed by atoms with van der Waals surface area (Å²) in [6.07, 6.45) is 10.9. The number of carbonyl (C=O) groups is 2. The molecule has 4 nitrogen and oxygen atoms in total. The molecule has 26 heavy (non-hydrogen) atoms. The Morgan fingerprint density at radius 3 is 2.69 bits per heavy atom. The summed E-state index contributed by atoms with van der Waals surface area (Å²) in [5.41, 5.74) is 1.92. The number of hydrogen-bond donors (Lipinski definition) is 1. The molecule has 4 heteroatoms. The van der Waals surface area contributed by atoms with Gasteiger partial charge in [0.1, 0.15) is 0 Å². The Morgan fingerprint density at radius 1 is 1.23 bits per heavy atom. The van der Waals surface area contributed by atoms with Crippen LogP contribution < -0.4 is 0 Å². The van der Waals surface area contributed by atoms with E-state index in [0.29, 0.717) is 42.1 Å². The van der Waals surface area contributed by atoms with Crippen LogP contribution in [0.5, 0.6) is 0 Å². The molecule has 0 spiro atoms. The molecule has 2 fully saturated rings. The van der Waals surface area contributed by atoms with Crippen LogP contribution in [0, 0.1) is 23.2 Å². The lowest BCUT2D eigenvalue weighted by Crippen LogP contribution is -2.63. The van der Waals surface area contributed by atoms with Crippen LogP contribution >= 0.6 is 0 Å². The van der Waals surface area contributed by atoms with Gasteiger partial charge in [-0.2, -0.15) is 0 Å². The minimum Gasteiger partial charge on any atom is -0.478 e. The van der Waals surface area contributed by atoms with E-state index >= 15 is 0 Å². The van der Waals surface area contributed by atoms with Crippen LogP contribution in [0.3, 0.4) is 0 Å². The lowest BCUT2D eigenvalue weighted by atomic mass is 9.48. The van der Waals surface area contributed by atoms with E-state index in [1.165, 1.54) is 5.57 Å². The maximum Gasteiger partial charge on any atom is 0.331 e. The van der Waals surface area contributed by atoms with Gasteiger partial charge in [0.25, 0.3) is 0 Å². The lowest BCUT2D eigenvalue weighted by molar-refractivity contribution is -0.156. The first-order chi connectivity index (χ1) is 12.3. The van der Waals surface area contributed by atoms with Crippen molar-refractivity contribution in [3.8, 4) is 0 Å². The van der Waals surface area contributed by atoms with Gasteiger partial charge < -0.3 is 10.0 Å². The third kappa shape index (κ3) is 2.33. The molecule has 0 aromatic heterocycles. The fraction of sp³-hybridized carbons (Fsp3) is 0.727. The standard InChI is InChI=1S/C22H31NO3/c1-4-23-19(24)8-7-18-16-6-5-15-13-14(20(25)26)9-11-21(15,2)17(16)10-12-22(18,23)3/h5,13,16-18H,4,6-12H2,1-3H3,(H,25,26)/t16?,17?,18?,21-,22-/m0/s1. The van der Waals surface area contributed by atoms with Crippen molar-refractivity contribution in [3.05, 3.63) is 23.3 Å². The molecule has 1 N–H and O–H groups in total. The largest absolute Gasteiger partial charge is 0.478 e. The fourth-order valence-electron chi connectivity index (χ4n) is 6.89. The second kappa shape index (κ2) is 5.97. The highest BCUT2D eigenvalue weighted by atomic mass is 16.4. The van der Waals surface area contributed by atoms with Gasteiger partial charge in [0.15, 0.2) is 0 Å². The normalized spacial score (nSPS) is 42.2. The van der Waals surface area contributed by atoms with E-state index in [9.17, 15) is 14.7 Å². The highest BCUT2D eigenvalue weighted by Crippen LogP contribution is 2.61. The zero-order valence-corrected chi connectivity index (χ0v) is 16.3. The van der Waals surface area contributed by atoms with Crippen LogP contribution in [-0.4, -0.2) is 34.0 Å². The number of piperidine rings is 1. The average molecular weight is 357 g/mol. The second-order valence-electron chi connectivity index (χ2n) is 9.24. The number of carbonyl (C=O) groups excluding carboxylic acids is 1. The highest BCUT2D eigenvalue weighted by molar-refractivity contribution is 5.87. The number of carboxylic acid groups (broad SMARTS) is 1. The van der Waals surface area contributed by atoms with Crippen molar-refractivity contribution in [1.29, 1.82) is 0 Å². The Bertz CT molecular complexity index is 708. The predicted octanol–water partition coefficient (Wildman–Crippen LogP) is 4.17. The number of fused-ring (bicyclic) bond motifs is 5. The molecule has 1 heterocycles. The van der Waals surface area contributed by atoms with E-state index < -0.39 is 5.97 Å². The van der Waals surface area contributed by atoms with Gasteiger partial charge in [0.05, 0.1) is 0 Å². The van der Waals surface area contributed by atoms with Crippen molar-refractivity contribution in [2.24, 2.45) is 23.2 Å². The maximum absolute atomic E-state index is 12.5. The van der Waals surface area contributed by atoms with Crippen LogP contribution in [0.25, 0.3) is 0 Å². The van der Waals surface area contributed by atoms with Gasteiger partial charge in [-0.15, -0.1) is 0 Å². The number of allylic oxidation sites excluding steroid dienone is 3. The summed E-state index contributed by atoms with van der Waals surface area (Å²) in [6.45, 7) is 7.60. The molecule has 3 unspecified atom stereocenters. The van der Waals surface area contributed by atoms with E-state index in [4.69, 9.17) is 0 Å². The number of likely N-dealkylation sites (tertiary alicyclic amines) is 1. The van der Waals surface area contributed by atoms with Gasteiger partial charge >= 0.3 is 5.97 Å². The molecule has 142 valence electrons. The van der Waals surface area contributed by atoms with E-state index in [2.05, 4.69) is 31.7 Å². The summed E-state index contributed by atoms with van der Waals surface area (Å²) in [4.78, 5) is 26.1. The predicted molar refractivity (Wildman–Crippen MR) is 100 cm³/mol. The maximum atomic E-state index is 12.5. The van der Waals surface area contributed by atoms with Gasteiger partial charge in [-0.3, -0.25) is 4.79 Å². The zero-order chi connectivity index (χ0) is 18.7. The summed E-state index contributed by atoms with van der Waals surface area (Å²) < 4.78 is 0. The second-order valence-corrected chi connectivity index (χ2v) is 9.24. The van der Waals surface area contributed by atoms with Gasteiger partial charge in [-0.1, -0.05) is 13.0 Å². The van der Waals surface area contributed by atoms with Crippen molar-refractivity contribution >= 4 is 11.9 Å². The molecule has 1 saturated carbocycles. The monoisotopic (exact) mass is 357 g/mol. The molecule has 0 bridgehead atoms. The number of aliphatic carboxylic acids is 1. The minimum atomic E-state index is -0.768. The topological polar surface area (TPSA) is 57.6 Å². The van der Waals surface area contributed by atoms with Gasteiger partial charge in [0.2, 0.25) is 5.91 Å². The molecule has 1 saturated heterocycles. The SMILES string of the molecule is CCN1C(=O)CCC2C3CC=C4C=C(C(=O)O)CC[C@]4(C)C3CC[C@@]21C. The third-order valence-corrected chi connectivity index (χ3v) is 8.30. The number of amides is 1. The average Bonchev–Trinajstić information content (AvgIpc) is 2.59. The Kier molecular flexibility index (Phi) is 4.09. The van der Waals surface area contributed by atoms with Crippen molar-refractivity contribution in [2.75, 3.05) is 6.54 Å². The first kappa shape index (κ1) is 17.8. The van der Waals surface area contributed by atoms with Gasteiger partial charge in [-0.05, 0) is 87.2 Å². The van der Waals surface area contributed by atoms with E-state index in [0.717, 1.165) is 38.6 Å². The van der Waals surface area contributed by atoms with Crippen LogP contribution in [0.15, 0.2) is 23.3 Å². The smallest absolute Gasteiger partial charge is 0.331 e. The van der Waals surface area contributed by atoms with Crippen LogP contribution in [0.4, 0.5) is 0 Å². The summed E-state index contributed by atoms with van der Waals surface area (Å²) in [5, 5.41) is 9.38. The molecule has 4 rings (SSSR count). The Balaban J connectivity index is 1.69. The number of rotatable bonds is 2. The quantitative estimate of drug-likeness (QED) is 0.807. The lowest BCUT2D eigenvalue weighted by Gasteiger charge is -2.61. The first-order valence-corrected chi connectivity index (χ1v) is 10.3. The fourth-order valence-corrected chi connectivity index (χ4v) is 6.89. The summed E-state index contributed by atoms with van der Waals surface area (Å²) in [6, 6.07) is 0. The molecule has 4 aliphatic rings. The van der Waals surface area contributed by atoms with Crippen molar-refractivity contribution in [2.45, 2.75) is 71.3 Å². The Morgan fingerprint density at radius 2 is 2.00 bits per heavy atom. The van der Waals surface area contributed by atoms with Crippen molar-refractivity contribution in [3.63, 3.8) is 0 Å². The first-order valence-electron chi connectivity index (χ1n) is 10.3. The molecule has 0 radical (unpaired) electrons. The third-order valence-electron chi connectivity index (χ3n) is 8.30. The molecule has 1 amide bonds. The van der Waals surface area contributed by atoms with Crippen LogP contribution in [0.1, 0.15) is 65.7 Å². The van der Waals surface area contributed by atoms with Gasteiger partial charge in [0, 0.05) is 24.1 Å². The van der Waals surface area contributed by atoms with Crippen LogP contribution in [0.2, 0.25) is 0 Å². The molecule has 5 atom stereocenters. The zero-order valence-electron chi connectivity index (χ0n) is 16.3. The molecule has 0 aromatic carbocycles. The molecule has 1 aliphatic heterocycles. The highest BCUT2D eigenvalue weighted by Gasteiger charge is 2.57. The molecule has 3 aliphatic carbocycles. The summed E-state index contributed by atoms with van der Waals surface area (Å²) >= 11 is 0. The Hall–Kier alpha value is -1.58. The summed E-state index contributed by atoms with van der Waals surface area (Å²) in [5.74, 6) is 1.35. The summed E-state index contributed by atoms with van der Waals surface area (Å²) in [7, 11) is 0. The Labute approximate surface area is 156 Å². The molecule has 0 aromatic rings.